The minimum atomic E-state index is -3.42. The summed E-state index contributed by atoms with van der Waals surface area (Å²) in [6.07, 6.45) is 1.91. The highest BCUT2D eigenvalue weighted by atomic mass is 32.2. The molecule has 0 aliphatic rings. The van der Waals surface area contributed by atoms with E-state index in [0.717, 1.165) is 18.5 Å². The normalized spacial score (nSPS) is 11.7. The largest absolute Gasteiger partial charge is 0.356 e. The Bertz CT molecular complexity index is 596. The van der Waals surface area contributed by atoms with Crippen molar-refractivity contribution in [3.8, 4) is 0 Å². The third-order valence-electron chi connectivity index (χ3n) is 3.83. The Kier molecular flexibility index (Phi) is 8.95. The van der Waals surface area contributed by atoms with Gasteiger partial charge in [-0.2, -0.15) is 4.31 Å². The first-order valence-electron chi connectivity index (χ1n) is 8.46. The van der Waals surface area contributed by atoms with E-state index in [4.69, 9.17) is 0 Å². The van der Waals surface area contributed by atoms with E-state index in [1.54, 1.807) is 24.3 Å². The smallest absolute Gasteiger partial charge is 0.243 e. The molecule has 0 saturated heterocycles. The van der Waals surface area contributed by atoms with E-state index in [2.05, 4.69) is 10.6 Å². The molecule has 136 valence electrons. The van der Waals surface area contributed by atoms with E-state index >= 15 is 0 Å². The Labute approximate surface area is 145 Å². The van der Waals surface area contributed by atoms with E-state index in [0.29, 0.717) is 37.4 Å². The van der Waals surface area contributed by atoms with Crippen LogP contribution in [0.3, 0.4) is 0 Å². The van der Waals surface area contributed by atoms with Crippen LogP contribution in [0, 0.1) is 0 Å². The van der Waals surface area contributed by atoms with Gasteiger partial charge in [-0.05, 0) is 44.1 Å². The summed E-state index contributed by atoms with van der Waals surface area (Å²) in [4.78, 5) is 12.0. The van der Waals surface area contributed by atoms with Gasteiger partial charge >= 0.3 is 0 Å². The molecule has 1 amide bonds. The fourth-order valence-corrected chi connectivity index (χ4v) is 3.84. The summed E-state index contributed by atoms with van der Waals surface area (Å²) in [6.45, 7) is 6.10. The van der Waals surface area contributed by atoms with Crippen molar-refractivity contribution < 1.29 is 13.2 Å². The zero-order valence-corrected chi connectivity index (χ0v) is 15.7. The summed E-state index contributed by atoms with van der Waals surface area (Å²) < 4.78 is 26.2. The minimum absolute atomic E-state index is 0.0194. The third-order valence-corrected chi connectivity index (χ3v) is 5.90. The first-order valence-corrected chi connectivity index (χ1v) is 9.90. The van der Waals surface area contributed by atoms with Gasteiger partial charge in [-0.3, -0.25) is 4.79 Å². The van der Waals surface area contributed by atoms with Crippen molar-refractivity contribution >= 4 is 15.9 Å². The first-order chi connectivity index (χ1) is 11.5. The Morgan fingerprint density at radius 3 is 2.25 bits per heavy atom. The lowest BCUT2D eigenvalue weighted by Crippen LogP contribution is -2.30. The quantitative estimate of drug-likeness (QED) is 0.588. The van der Waals surface area contributed by atoms with Gasteiger partial charge in [-0.1, -0.05) is 26.0 Å². The molecule has 0 fully saturated rings. The predicted molar refractivity (Wildman–Crippen MR) is 96.4 cm³/mol. The maximum atomic E-state index is 12.4. The molecule has 1 aromatic rings. The predicted octanol–water partition coefficient (Wildman–Crippen LogP) is 1.38. The zero-order valence-electron chi connectivity index (χ0n) is 14.8. The summed E-state index contributed by atoms with van der Waals surface area (Å²) >= 11 is 0. The Hall–Kier alpha value is -1.44. The molecule has 2 N–H and O–H groups in total. The lowest BCUT2D eigenvalue weighted by atomic mass is 10.1. The van der Waals surface area contributed by atoms with E-state index in [1.807, 2.05) is 20.9 Å². The van der Waals surface area contributed by atoms with Gasteiger partial charge in [0.05, 0.1) is 4.90 Å². The zero-order chi connectivity index (χ0) is 18.0. The second kappa shape index (κ2) is 10.4. The maximum Gasteiger partial charge on any atom is 0.243 e. The molecule has 0 aliphatic heterocycles. The molecule has 1 rings (SSSR count). The molecule has 0 bridgehead atoms. The Balaban J connectivity index is 2.55. The van der Waals surface area contributed by atoms with Gasteiger partial charge in [0, 0.05) is 26.1 Å². The van der Waals surface area contributed by atoms with Crippen molar-refractivity contribution in [1.82, 2.24) is 14.9 Å². The number of hydrogen-bond acceptors (Lipinski definition) is 4. The van der Waals surface area contributed by atoms with Crippen LogP contribution in [-0.4, -0.2) is 51.9 Å². The number of aryl methyl sites for hydroxylation is 1. The Morgan fingerprint density at radius 1 is 1.08 bits per heavy atom. The topological polar surface area (TPSA) is 78.5 Å². The highest BCUT2D eigenvalue weighted by molar-refractivity contribution is 7.89. The van der Waals surface area contributed by atoms with Crippen molar-refractivity contribution in [1.29, 1.82) is 0 Å². The van der Waals surface area contributed by atoms with Crippen LogP contribution in [-0.2, 0) is 21.2 Å². The molecule has 0 spiro atoms. The van der Waals surface area contributed by atoms with Gasteiger partial charge in [-0.15, -0.1) is 0 Å². The van der Waals surface area contributed by atoms with Gasteiger partial charge in [0.15, 0.2) is 0 Å². The minimum Gasteiger partial charge on any atom is -0.356 e. The van der Waals surface area contributed by atoms with Crippen LogP contribution in [0.1, 0.15) is 32.3 Å². The van der Waals surface area contributed by atoms with Crippen molar-refractivity contribution in [3.05, 3.63) is 29.8 Å². The lowest BCUT2D eigenvalue weighted by molar-refractivity contribution is -0.121. The molecule has 0 unspecified atom stereocenters. The second-order valence-corrected chi connectivity index (χ2v) is 7.48. The van der Waals surface area contributed by atoms with Crippen LogP contribution in [0.2, 0.25) is 0 Å². The molecular formula is C17H29N3O3S. The molecule has 0 atom stereocenters. The number of nitrogens with one attached hydrogen (secondary N) is 2. The van der Waals surface area contributed by atoms with Gasteiger partial charge in [0.1, 0.15) is 0 Å². The van der Waals surface area contributed by atoms with Crippen LogP contribution < -0.4 is 10.6 Å². The molecule has 0 aliphatic carbocycles. The summed E-state index contributed by atoms with van der Waals surface area (Å²) in [5, 5.41) is 5.90. The van der Waals surface area contributed by atoms with Gasteiger partial charge in [0.25, 0.3) is 0 Å². The molecule has 0 heterocycles. The van der Waals surface area contributed by atoms with Crippen molar-refractivity contribution in [2.24, 2.45) is 0 Å². The third kappa shape index (κ3) is 6.22. The first kappa shape index (κ1) is 20.6. The molecule has 6 nitrogen and oxygen atoms in total. The number of hydrogen-bond donors (Lipinski definition) is 2. The fourth-order valence-electron chi connectivity index (χ4n) is 2.38. The molecule has 7 heteroatoms. The standard InChI is InChI=1S/C17H29N3O3S/c1-4-20(5-2)24(22,23)16-10-7-15(8-11-16)9-12-17(21)19-14-6-13-18-3/h7-8,10-11,18H,4-6,9,12-14H2,1-3H3,(H,19,21). The average molecular weight is 356 g/mol. The van der Waals surface area contributed by atoms with Crippen LogP contribution in [0.5, 0.6) is 0 Å². The van der Waals surface area contributed by atoms with Gasteiger partial charge in [-0.25, -0.2) is 8.42 Å². The summed E-state index contributed by atoms with van der Waals surface area (Å²) in [5.41, 5.74) is 0.957. The van der Waals surface area contributed by atoms with Crippen LogP contribution in [0.15, 0.2) is 29.2 Å². The van der Waals surface area contributed by atoms with Gasteiger partial charge in [0.2, 0.25) is 15.9 Å². The van der Waals surface area contributed by atoms with Crippen LogP contribution >= 0.6 is 0 Å². The number of nitrogens with zero attached hydrogens (tertiary/aromatic N) is 1. The monoisotopic (exact) mass is 355 g/mol. The van der Waals surface area contributed by atoms with Crippen molar-refractivity contribution in [3.63, 3.8) is 0 Å². The molecule has 1 aromatic carbocycles. The number of carbonyl (C=O) groups is 1. The Morgan fingerprint density at radius 2 is 1.71 bits per heavy atom. The summed E-state index contributed by atoms with van der Waals surface area (Å²) in [7, 11) is -1.54. The van der Waals surface area contributed by atoms with Crippen LogP contribution in [0.25, 0.3) is 0 Å². The summed E-state index contributed by atoms with van der Waals surface area (Å²) in [5.74, 6) is 0.0194. The number of amides is 1. The summed E-state index contributed by atoms with van der Waals surface area (Å²) in [6, 6.07) is 6.80. The number of rotatable bonds is 11. The van der Waals surface area contributed by atoms with Gasteiger partial charge < -0.3 is 10.6 Å². The van der Waals surface area contributed by atoms with Crippen LogP contribution in [0.4, 0.5) is 0 Å². The highest BCUT2D eigenvalue weighted by Gasteiger charge is 2.21. The molecule has 0 radical (unpaired) electrons. The number of sulfonamides is 1. The van der Waals surface area contributed by atoms with Crippen molar-refractivity contribution in [2.75, 3.05) is 33.2 Å². The SMILES string of the molecule is CCN(CC)S(=O)(=O)c1ccc(CCC(=O)NCCCNC)cc1. The second-order valence-electron chi connectivity index (χ2n) is 5.54. The molecular weight excluding hydrogens is 326 g/mol. The number of carbonyl (C=O) groups excluding carboxylic acids is 1. The van der Waals surface area contributed by atoms with E-state index < -0.39 is 10.0 Å². The maximum absolute atomic E-state index is 12.4. The van der Waals surface area contributed by atoms with E-state index in [-0.39, 0.29) is 5.91 Å². The fraction of sp³-hybridized carbons (Fsp3) is 0.588. The molecule has 0 aromatic heterocycles. The van der Waals surface area contributed by atoms with Crippen molar-refractivity contribution in [2.45, 2.75) is 38.0 Å². The van der Waals surface area contributed by atoms with E-state index in [9.17, 15) is 13.2 Å². The lowest BCUT2D eigenvalue weighted by Gasteiger charge is -2.18. The molecule has 0 saturated carbocycles. The molecule has 24 heavy (non-hydrogen) atoms. The number of benzene rings is 1. The average Bonchev–Trinajstić information content (AvgIpc) is 2.58. The van der Waals surface area contributed by atoms with E-state index in [1.165, 1.54) is 4.31 Å². The highest BCUT2D eigenvalue weighted by Crippen LogP contribution is 2.16.